The van der Waals surface area contributed by atoms with Crippen LogP contribution < -0.4 is 10.9 Å². The van der Waals surface area contributed by atoms with Gasteiger partial charge in [-0.3, -0.25) is 20.4 Å². The minimum Gasteiger partial charge on any atom is -0.273 e. The molecule has 1 aromatic rings. The molecule has 5 fully saturated rings. The van der Waals surface area contributed by atoms with Crippen LogP contribution in [0.25, 0.3) is 0 Å². The maximum atomic E-state index is 12.8. The van der Waals surface area contributed by atoms with Crippen molar-refractivity contribution in [2.75, 3.05) is 13.1 Å². The van der Waals surface area contributed by atoms with E-state index in [2.05, 4.69) is 10.9 Å². The molecule has 1 aromatic carbocycles. The molecular formula is C23H31N3O4S. The molecule has 1 saturated heterocycles. The maximum absolute atomic E-state index is 12.8. The number of rotatable bonds is 5. The quantitative estimate of drug-likeness (QED) is 0.682. The smallest absolute Gasteiger partial charge is 0.269 e. The first kappa shape index (κ1) is 20.9. The lowest BCUT2D eigenvalue weighted by molar-refractivity contribution is -0.130. The number of sulfonamides is 1. The van der Waals surface area contributed by atoms with Gasteiger partial charge < -0.3 is 0 Å². The molecule has 1 aliphatic heterocycles. The molecule has 8 heteroatoms. The molecule has 0 radical (unpaired) electrons. The monoisotopic (exact) mass is 445 g/mol. The van der Waals surface area contributed by atoms with Crippen LogP contribution in [0.3, 0.4) is 0 Å². The van der Waals surface area contributed by atoms with Gasteiger partial charge >= 0.3 is 0 Å². The summed E-state index contributed by atoms with van der Waals surface area (Å²) in [5.41, 5.74) is 5.38. The zero-order chi connectivity index (χ0) is 21.6. The molecule has 4 saturated carbocycles. The first-order valence-electron chi connectivity index (χ1n) is 11.5. The van der Waals surface area contributed by atoms with Gasteiger partial charge in [-0.25, -0.2) is 8.42 Å². The molecule has 7 nitrogen and oxygen atoms in total. The van der Waals surface area contributed by atoms with E-state index >= 15 is 0 Å². The second-order valence-electron chi connectivity index (χ2n) is 10.2. The van der Waals surface area contributed by atoms with E-state index in [1.807, 2.05) is 0 Å². The fourth-order valence-corrected chi connectivity index (χ4v) is 8.53. The van der Waals surface area contributed by atoms with Crippen LogP contribution in [0.15, 0.2) is 29.2 Å². The third kappa shape index (κ3) is 4.12. The third-order valence-corrected chi connectivity index (χ3v) is 9.71. The summed E-state index contributed by atoms with van der Waals surface area (Å²) in [5, 5.41) is 0. The zero-order valence-corrected chi connectivity index (χ0v) is 18.6. The number of carbonyl (C=O) groups excluding carboxylic acids is 2. The van der Waals surface area contributed by atoms with Crippen LogP contribution in [0.4, 0.5) is 0 Å². The van der Waals surface area contributed by atoms with E-state index in [-0.39, 0.29) is 21.8 Å². The van der Waals surface area contributed by atoms with E-state index in [4.69, 9.17) is 0 Å². The number of amides is 2. The summed E-state index contributed by atoms with van der Waals surface area (Å²) >= 11 is 0. The minimum absolute atomic E-state index is 0.104. The highest BCUT2D eigenvalue weighted by Gasteiger charge is 2.51. The summed E-state index contributed by atoms with van der Waals surface area (Å²) in [7, 11) is -3.59. The molecular weight excluding hydrogens is 414 g/mol. The topological polar surface area (TPSA) is 95.6 Å². The molecule has 0 aromatic heterocycles. The summed E-state index contributed by atoms with van der Waals surface area (Å²) in [6, 6.07) is 6.02. The van der Waals surface area contributed by atoms with E-state index < -0.39 is 15.9 Å². The van der Waals surface area contributed by atoms with Gasteiger partial charge in [-0.2, -0.15) is 4.31 Å². The SMILES string of the molecule is O=C(CC12CC3CC(CC(C3)C1)C2)NNC(=O)c1cccc(S(=O)(=O)N2CCCC2)c1. The molecule has 2 N–H and O–H groups in total. The first-order chi connectivity index (χ1) is 14.8. The van der Waals surface area contributed by atoms with Gasteiger partial charge in [-0.05, 0) is 92.7 Å². The van der Waals surface area contributed by atoms with Gasteiger partial charge in [0.1, 0.15) is 0 Å². The van der Waals surface area contributed by atoms with Gasteiger partial charge in [-0.1, -0.05) is 6.07 Å². The summed E-state index contributed by atoms with van der Waals surface area (Å²) < 4.78 is 27.0. The predicted octanol–water partition coefficient (Wildman–Crippen LogP) is 2.84. The molecule has 31 heavy (non-hydrogen) atoms. The highest BCUT2D eigenvalue weighted by atomic mass is 32.2. The van der Waals surface area contributed by atoms with Gasteiger partial charge in [0.15, 0.2) is 0 Å². The Kier molecular flexibility index (Phi) is 5.33. The highest BCUT2D eigenvalue weighted by molar-refractivity contribution is 7.89. The van der Waals surface area contributed by atoms with E-state index in [1.54, 1.807) is 12.1 Å². The first-order valence-corrected chi connectivity index (χ1v) is 13.0. The predicted molar refractivity (Wildman–Crippen MR) is 115 cm³/mol. The number of hydrogen-bond acceptors (Lipinski definition) is 4. The number of carbonyl (C=O) groups is 2. The van der Waals surface area contributed by atoms with E-state index in [9.17, 15) is 18.0 Å². The molecule has 0 unspecified atom stereocenters. The molecule has 0 atom stereocenters. The minimum atomic E-state index is -3.59. The van der Waals surface area contributed by atoms with Crippen molar-refractivity contribution in [3.63, 3.8) is 0 Å². The summed E-state index contributed by atoms with van der Waals surface area (Å²) in [6.07, 6.45) is 9.56. The molecule has 168 valence electrons. The van der Waals surface area contributed by atoms with Gasteiger partial charge in [0.25, 0.3) is 5.91 Å². The molecule has 0 spiro atoms. The van der Waals surface area contributed by atoms with Crippen LogP contribution in [0, 0.1) is 23.2 Å². The number of nitrogens with zero attached hydrogens (tertiary/aromatic N) is 1. The van der Waals surface area contributed by atoms with Gasteiger partial charge in [-0.15, -0.1) is 0 Å². The van der Waals surface area contributed by atoms with Crippen LogP contribution in [-0.2, 0) is 14.8 Å². The van der Waals surface area contributed by atoms with Gasteiger partial charge in [0.2, 0.25) is 15.9 Å². The third-order valence-electron chi connectivity index (χ3n) is 7.82. The average Bonchev–Trinajstić information content (AvgIpc) is 3.26. The van der Waals surface area contributed by atoms with Crippen LogP contribution in [0.5, 0.6) is 0 Å². The number of hydrazine groups is 1. The van der Waals surface area contributed by atoms with Crippen LogP contribution >= 0.6 is 0 Å². The molecule has 6 rings (SSSR count). The second kappa shape index (κ2) is 7.89. The summed E-state index contributed by atoms with van der Waals surface area (Å²) in [5.74, 6) is 1.66. The Morgan fingerprint density at radius 3 is 2.19 bits per heavy atom. The number of benzene rings is 1. The van der Waals surface area contributed by atoms with Crippen molar-refractivity contribution in [3.8, 4) is 0 Å². The van der Waals surface area contributed by atoms with E-state index in [1.165, 1.54) is 35.7 Å². The van der Waals surface area contributed by atoms with Crippen LogP contribution in [0.1, 0.15) is 68.1 Å². The molecule has 4 aliphatic carbocycles. The number of hydrogen-bond donors (Lipinski definition) is 2. The molecule has 4 bridgehead atoms. The highest BCUT2D eigenvalue weighted by Crippen LogP contribution is 2.61. The standard InChI is InChI=1S/C23H31N3O4S/c27-21(15-23-12-16-8-17(13-23)10-18(9-16)14-23)24-25-22(28)19-4-3-5-20(11-19)31(29,30)26-6-1-2-7-26/h3-5,11,16-18H,1-2,6-10,12-15H2,(H,24,27)(H,25,28). The fraction of sp³-hybridized carbons (Fsp3) is 0.652. The summed E-state index contributed by atoms with van der Waals surface area (Å²) in [6.45, 7) is 1.03. The van der Waals surface area contributed by atoms with Crippen molar-refractivity contribution in [3.05, 3.63) is 29.8 Å². The van der Waals surface area contributed by atoms with Crippen molar-refractivity contribution in [1.82, 2.24) is 15.2 Å². The lowest BCUT2D eigenvalue weighted by Crippen LogP contribution is -2.50. The van der Waals surface area contributed by atoms with Crippen molar-refractivity contribution in [1.29, 1.82) is 0 Å². The largest absolute Gasteiger partial charge is 0.273 e. The Labute approximate surface area is 184 Å². The van der Waals surface area contributed by atoms with E-state index in [0.717, 1.165) is 49.9 Å². The zero-order valence-electron chi connectivity index (χ0n) is 17.8. The number of nitrogens with one attached hydrogen (secondary N) is 2. The van der Waals surface area contributed by atoms with Crippen molar-refractivity contribution >= 4 is 21.8 Å². The average molecular weight is 446 g/mol. The van der Waals surface area contributed by atoms with E-state index in [0.29, 0.717) is 19.5 Å². The van der Waals surface area contributed by atoms with Crippen molar-refractivity contribution in [2.45, 2.75) is 62.7 Å². The Hall–Kier alpha value is -1.93. The lowest BCUT2D eigenvalue weighted by Gasteiger charge is -2.56. The second-order valence-corrected chi connectivity index (χ2v) is 12.2. The lowest BCUT2D eigenvalue weighted by atomic mass is 9.49. The van der Waals surface area contributed by atoms with Gasteiger partial charge in [0.05, 0.1) is 4.90 Å². The molecule has 1 heterocycles. The molecule has 2 amide bonds. The van der Waals surface area contributed by atoms with Crippen molar-refractivity contribution in [2.24, 2.45) is 23.2 Å². The van der Waals surface area contributed by atoms with Crippen molar-refractivity contribution < 1.29 is 18.0 Å². The fourth-order valence-electron chi connectivity index (χ4n) is 6.97. The van der Waals surface area contributed by atoms with Crippen LogP contribution in [-0.4, -0.2) is 37.6 Å². The normalized spacial score (nSPS) is 32.2. The Morgan fingerprint density at radius 1 is 0.968 bits per heavy atom. The Morgan fingerprint density at radius 2 is 1.58 bits per heavy atom. The summed E-state index contributed by atoms with van der Waals surface area (Å²) in [4.78, 5) is 25.3. The molecule has 5 aliphatic rings. The Balaban J connectivity index is 1.20. The van der Waals surface area contributed by atoms with Crippen LogP contribution in [0.2, 0.25) is 0 Å². The van der Waals surface area contributed by atoms with Gasteiger partial charge in [0, 0.05) is 25.1 Å². The Bertz CT molecular complexity index is 949. The maximum Gasteiger partial charge on any atom is 0.269 e.